The van der Waals surface area contributed by atoms with Crippen LogP contribution in [0.2, 0.25) is 5.02 Å². The molecule has 2 heterocycles. The first-order chi connectivity index (χ1) is 15.5. The zero-order valence-electron chi connectivity index (χ0n) is 17.0. The largest absolute Gasteiger partial charge is 0.320 e. The van der Waals surface area contributed by atoms with Crippen molar-refractivity contribution in [2.45, 2.75) is 18.9 Å². The van der Waals surface area contributed by atoms with Crippen molar-refractivity contribution in [1.29, 1.82) is 0 Å². The Labute approximate surface area is 189 Å². The van der Waals surface area contributed by atoms with E-state index in [0.717, 1.165) is 11.0 Å². The summed E-state index contributed by atoms with van der Waals surface area (Å²) in [5, 5.41) is 0.570. The number of amides is 1. The average molecular weight is 448 g/mol. The third-order valence-electron chi connectivity index (χ3n) is 5.78. The molecule has 32 heavy (non-hydrogen) atoms. The number of fused-ring (bicyclic) bond motifs is 1. The van der Waals surface area contributed by atoms with Crippen LogP contribution in [-0.4, -0.2) is 27.8 Å². The zero-order chi connectivity index (χ0) is 22.2. The molecule has 1 saturated heterocycles. The van der Waals surface area contributed by atoms with Crippen LogP contribution in [0.25, 0.3) is 11.0 Å². The number of hydrogen-bond donors (Lipinski definition) is 0. The van der Waals surface area contributed by atoms with Crippen LogP contribution in [0.5, 0.6) is 0 Å². The summed E-state index contributed by atoms with van der Waals surface area (Å²) >= 11 is 5.95. The first-order valence-corrected chi connectivity index (χ1v) is 10.7. The number of para-hydroxylation sites is 2. The SMILES string of the molecule is O=C(Cn1c(C2CC(=O)N(c3ccc(F)cc3)C2)nc2ccccc21)c1ccc(Cl)cc1. The average Bonchev–Trinajstić information content (AvgIpc) is 3.35. The highest BCUT2D eigenvalue weighted by atomic mass is 35.5. The highest BCUT2D eigenvalue weighted by Gasteiger charge is 2.35. The molecule has 160 valence electrons. The number of carbonyl (C=O) groups is 2. The maximum absolute atomic E-state index is 13.3. The van der Waals surface area contributed by atoms with E-state index < -0.39 is 0 Å². The number of benzene rings is 3. The number of imidazole rings is 1. The number of Topliss-reactive ketones (excluding diaryl/α,β-unsaturated/α-hetero) is 1. The highest BCUT2D eigenvalue weighted by molar-refractivity contribution is 6.30. The summed E-state index contributed by atoms with van der Waals surface area (Å²) in [6, 6.07) is 20.3. The molecule has 0 aliphatic carbocycles. The van der Waals surface area contributed by atoms with Gasteiger partial charge in [0, 0.05) is 35.2 Å². The molecule has 5 nitrogen and oxygen atoms in total. The van der Waals surface area contributed by atoms with E-state index in [-0.39, 0.29) is 36.4 Å². The molecule has 1 atom stereocenters. The Balaban J connectivity index is 1.49. The molecule has 0 bridgehead atoms. The summed E-state index contributed by atoms with van der Waals surface area (Å²) in [6.07, 6.45) is 0.274. The van der Waals surface area contributed by atoms with Crippen molar-refractivity contribution in [1.82, 2.24) is 9.55 Å². The third-order valence-corrected chi connectivity index (χ3v) is 6.03. The van der Waals surface area contributed by atoms with Gasteiger partial charge < -0.3 is 9.47 Å². The van der Waals surface area contributed by atoms with Crippen LogP contribution in [0.3, 0.4) is 0 Å². The van der Waals surface area contributed by atoms with Crippen molar-refractivity contribution in [2.75, 3.05) is 11.4 Å². The van der Waals surface area contributed by atoms with Gasteiger partial charge in [0.25, 0.3) is 0 Å². The zero-order valence-corrected chi connectivity index (χ0v) is 17.8. The van der Waals surface area contributed by atoms with Crippen LogP contribution in [0, 0.1) is 5.82 Å². The summed E-state index contributed by atoms with van der Waals surface area (Å²) in [5.41, 5.74) is 2.84. The molecule has 7 heteroatoms. The minimum Gasteiger partial charge on any atom is -0.320 e. The predicted octanol–water partition coefficient (Wildman–Crippen LogP) is 5.23. The Morgan fingerprint density at radius 3 is 2.50 bits per heavy atom. The molecular weight excluding hydrogens is 429 g/mol. The molecule has 1 aliphatic heterocycles. The number of halogens is 2. The summed E-state index contributed by atoms with van der Waals surface area (Å²) in [4.78, 5) is 32.2. The second kappa shape index (κ2) is 8.20. The maximum atomic E-state index is 13.3. The lowest BCUT2D eigenvalue weighted by atomic mass is 10.1. The number of anilines is 1. The minimum atomic E-state index is -0.348. The Morgan fingerprint density at radius 1 is 1.03 bits per heavy atom. The van der Waals surface area contributed by atoms with Gasteiger partial charge in [-0.15, -0.1) is 0 Å². The van der Waals surface area contributed by atoms with Gasteiger partial charge in [-0.2, -0.15) is 0 Å². The lowest BCUT2D eigenvalue weighted by Crippen LogP contribution is -2.24. The Hall–Kier alpha value is -3.51. The molecule has 0 spiro atoms. The Kier molecular flexibility index (Phi) is 5.23. The van der Waals surface area contributed by atoms with E-state index in [0.29, 0.717) is 28.6 Å². The van der Waals surface area contributed by atoms with E-state index in [2.05, 4.69) is 0 Å². The number of hydrogen-bond acceptors (Lipinski definition) is 3. The molecule has 1 amide bonds. The number of rotatable bonds is 5. The fourth-order valence-electron chi connectivity index (χ4n) is 4.19. The molecule has 1 aliphatic rings. The van der Waals surface area contributed by atoms with Crippen molar-refractivity contribution in [2.24, 2.45) is 0 Å². The number of nitrogens with zero attached hydrogens (tertiary/aromatic N) is 3. The molecule has 1 aromatic heterocycles. The predicted molar refractivity (Wildman–Crippen MR) is 122 cm³/mol. The monoisotopic (exact) mass is 447 g/mol. The van der Waals surface area contributed by atoms with Crippen molar-refractivity contribution >= 4 is 40.0 Å². The second-order valence-corrected chi connectivity index (χ2v) is 8.29. The summed E-state index contributed by atoms with van der Waals surface area (Å²) in [7, 11) is 0. The molecule has 0 N–H and O–H groups in total. The van der Waals surface area contributed by atoms with Crippen LogP contribution in [0.4, 0.5) is 10.1 Å². The number of aromatic nitrogens is 2. The second-order valence-electron chi connectivity index (χ2n) is 7.86. The van der Waals surface area contributed by atoms with Gasteiger partial charge in [-0.05, 0) is 60.7 Å². The smallest absolute Gasteiger partial charge is 0.227 e. The molecule has 1 fully saturated rings. The van der Waals surface area contributed by atoms with E-state index in [4.69, 9.17) is 16.6 Å². The fourth-order valence-corrected chi connectivity index (χ4v) is 4.32. The molecule has 4 aromatic rings. The van der Waals surface area contributed by atoms with Gasteiger partial charge in [0.05, 0.1) is 17.6 Å². The first-order valence-electron chi connectivity index (χ1n) is 10.3. The summed E-state index contributed by atoms with van der Waals surface area (Å²) in [6.45, 7) is 0.529. The molecule has 1 unspecified atom stereocenters. The van der Waals surface area contributed by atoms with Gasteiger partial charge in [0.2, 0.25) is 5.91 Å². The molecular formula is C25H19ClFN3O2. The molecule has 3 aromatic carbocycles. The van der Waals surface area contributed by atoms with E-state index in [1.165, 1.54) is 12.1 Å². The van der Waals surface area contributed by atoms with Crippen molar-refractivity contribution in [3.63, 3.8) is 0 Å². The fraction of sp³-hybridized carbons (Fsp3) is 0.160. The Morgan fingerprint density at radius 2 is 1.75 bits per heavy atom. The van der Waals surface area contributed by atoms with E-state index >= 15 is 0 Å². The number of ketones is 1. The highest BCUT2D eigenvalue weighted by Crippen LogP contribution is 2.33. The lowest BCUT2D eigenvalue weighted by Gasteiger charge is -2.17. The normalized spacial score (nSPS) is 16.1. The van der Waals surface area contributed by atoms with Gasteiger partial charge in [-0.1, -0.05) is 23.7 Å². The van der Waals surface area contributed by atoms with Crippen LogP contribution in [0.1, 0.15) is 28.5 Å². The number of carbonyl (C=O) groups excluding carboxylic acids is 2. The van der Waals surface area contributed by atoms with Gasteiger partial charge >= 0.3 is 0 Å². The van der Waals surface area contributed by atoms with Crippen molar-refractivity contribution in [3.8, 4) is 0 Å². The van der Waals surface area contributed by atoms with Crippen LogP contribution in [0.15, 0.2) is 72.8 Å². The molecule has 5 rings (SSSR count). The van der Waals surface area contributed by atoms with Crippen molar-refractivity contribution < 1.29 is 14.0 Å². The van der Waals surface area contributed by atoms with Gasteiger partial charge in [-0.25, -0.2) is 9.37 Å². The van der Waals surface area contributed by atoms with Crippen LogP contribution >= 0.6 is 11.6 Å². The van der Waals surface area contributed by atoms with E-state index in [9.17, 15) is 14.0 Å². The minimum absolute atomic E-state index is 0.0516. The quantitative estimate of drug-likeness (QED) is 0.393. The Bertz CT molecular complexity index is 1320. The van der Waals surface area contributed by atoms with Crippen molar-refractivity contribution in [3.05, 3.63) is 95.0 Å². The topological polar surface area (TPSA) is 55.2 Å². The third kappa shape index (κ3) is 3.78. The van der Waals surface area contributed by atoms with Crippen LogP contribution in [-0.2, 0) is 11.3 Å². The van der Waals surface area contributed by atoms with Gasteiger partial charge in [0.1, 0.15) is 11.6 Å². The first kappa shape index (κ1) is 20.4. The van der Waals surface area contributed by atoms with E-state index in [1.54, 1.807) is 41.3 Å². The summed E-state index contributed by atoms with van der Waals surface area (Å²) in [5.74, 6) is 0.0546. The standard InChI is InChI=1S/C25H19ClFN3O2/c26-18-7-5-16(6-8-18)23(31)15-30-22-4-2-1-3-21(22)28-25(30)17-13-24(32)29(14-17)20-11-9-19(27)10-12-20/h1-12,17H,13-15H2. The molecule has 0 saturated carbocycles. The lowest BCUT2D eigenvalue weighted by molar-refractivity contribution is -0.117. The van der Waals surface area contributed by atoms with Crippen LogP contribution < -0.4 is 4.90 Å². The van der Waals surface area contributed by atoms with Gasteiger partial charge in [-0.3, -0.25) is 9.59 Å². The maximum Gasteiger partial charge on any atom is 0.227 e. The van der Waals surface area contributed by atoms with Gasteiger partial charge in [0.15, 0.2) is 5.78 Å². The summed E-state index contributed by atoms with van der Waals surface area (Å²) < 4.78 is 15.2. The molecule has 0 radical (unpaired) electrons. The van der Waals surface area contributed by atoms with E-state index in [1.807, 2.05) is 28.8 Å².